The van der Waals surface area contributed by atoms with Gasteiger partial charge in [0.25, 0.3) is 0 Å². The molecule has 0 aliphatic carbocycles. The largest absolute Gasteiger partial charge is 0.490 e. The van der Waals surface area contributed by atoms with Gasteiger partial charge in [0, 0.05) is 23.5 Å². The maximum Gasteiger partial charge on any atom is 0.490 e. The first-order valence-electron chi connectivity index (χ1n) is 2.77. The number of aromatic nitrogens is 1. The van der Waals surface area contributed by atoms with Crippen molar-refractivity contribution in [3.8, 4) is 0 Å². The molecule has 4 nitrogen and oxygen atoms in total. The van der Waals surface area contributed by atoms with Gasteiger partial charge in [0.05, 0.1) is 0 Å². The van der Waals surface area contributed by atoms with E-state index < -0.39 is 7.12 Å². The Kier molecular flexibility index (Phi) is 1.89. The number of anilines is 1. The topological polar surface area (TPSA) is 79.4 Å². The van der Waals surface area contributed by atoms with Gasteiger partial charge in [0.15, 0.2) is 0 Å². The van der Waals surface area contributed by atoms with Crippen molar-refractivity contribution in [3.63, 3.8) is 0 Å². The molecular formula is C5H7BN2O2. The molecule has 0 unspecified atom stereocenters. The van der Waals surface area contributed by atoms with Crippen molar-refractivity contribution < 1.29 is 10.0 Å². The molecule has 0 aromatic carbocycles. The number of nitrogens with zero attached hydrogens (tertiary/aromatic N) is 1. The Balaban J connectivity index is 3.03. The third-order valence-electron chi connectivity index (χ3n) is 1.17. The molecule has 1 rings (SSSR count). The van der Waals surface area contributed by atoms with E-state index in [0.717, 1.165) is 0 Å². The molecule has 0 radical (unpaired) electrons. The van der Waals surface area contributed by atoms with Crippen LogP contribution in [0.1, 0.15) is 0 Å². The van der Waals surface area contributed by atoms with Gasteiger partial charge in [-0.1, -0.05) is 0 Å². The van der Waals surface area contributed by atoms with Crippen molar-refractivity contribution in [3.05, 3.63) is 18.5 Å². The van der Waals surface area contributed by atoms with Gasteiger partial charge in [-0.2, -0.15) is 0 Å². The standard InChI is InChI=1S/C5H7BN2O2/c7-5-3-8-2-1-4(5)6(9)10/h1-3,9-10H,7H2. The van der Waals surface area contributed by atoms with Gasteiger partial charge < -0.3 is 15.8 Å². The van der Waals surface area contributed by atoms with Gasteiger partial charge in [-0.05, 0) is 6.07 Å². The van der Waals surface area contributed by atoms with E-state index in [-0.39, 0.29) is 11.2 Å². The van der Waals surface area contributed by atoms with Gasteiger partial charge in [0.1, 0.15) is 0 Å². The van der Waals surface area contributed by atoms with E-state index in [1.165, 1.54) is 18.5 Å². The van der Waals surface area contributed by atoms with Crippen LogP contribution in [-0.4, -0.2) is 22.2 Å². The third-order valence-corrected chi connectivity index (χ3v) is 1.17. The predicted octanol–water partition coefficient (Wildman–Crippen LogP) is -1.66. The van der Waals surface area contributed by atoms with E-state index in [1.54, 1.807) is 0 Å². The van der Waals surface area contributed by atoms with Crippen LogP contribution >= 0.6 is 0 Å². The summed E-state index contributed by atoms with van der Waals surface area (Å²) in [5.41, 5.74) is 5.92. The zero-order valence-electron chi connectivity index (χ0n) is 5.23. The van der Waals surface area contributed by atoms with Gasteiger partial charge >= 0.3 is 7.12 Å². The summed E-state index contributed by atoms with van der Waals surface area (Å²) in [6.07, 6.45) is 2.82. The molecule has 1 aromatic rings. The number of rotatable bonds is 1. The first kappa shape index (κ1) is 7.05. The molecule has 0 spiro atoms. The Morgan fingerprint density at radius 3 is 2.60 bits per heavy atom. The van der Waals surface area contributed by atoms with Gasteiger partial charge in [-0.25, -0.2) is 0 Å². The quantitative estimate of drug-likeness (QED) is 0.406. The molecule has 0 amide bonds. The number of hydrogen-bond acceptors (Lipinski definition) is 4. The van der Waals surface area contributed by atoms with Crippen LogP contribution in [0.15, 0.2) is 18.5 Å². The van der Waals surface area contributed by atoms with E-state index in [2.05, 4.69) is 4.98 Å². The van der Waals surface area contributed by atoms with Crippen LogP contribution < -0.4 is 11.2 Å². The highest BCUT2D eigenvalue weighted by Gasteiger charge is 2.12. The molecule has 0 saturated carbocycles. The Morgan fingerprint density at radius 1 is 1.50 bits per heavy atom. The summed E-state index contributed by atoms with van der Waals surface area (Å²) in [4.78, 5) is 3.68. The van der Waals surface area contributed by atoms with Crippen LogP contribution in [0.2, 0.25) is 0 Å². The maximum atomic E-state index is 8.65. The lowest BCUT2D eigenvalue weighted by Crippen LogP contribution is -2.32. The minimum Gasteiger partial charge on any atom is -0.423 e. The zero-order chi connectivity index (χ0) is 7.56. The fourth-order valence-corrected chi connectivity index (χ4v) is 0.653. The van der Waals surface area contributed by atoms with Crippen molar-refractivity contribution in [1.82, 2.24) is 4.98 Å². The molecule has 52 valence electrons. The number of nitrogens with two attached hydrogens (primary N) is 1. The molecule has 5 heteroatoms. The normalized spacial score (nSPS) is 9.40. The van der Waals surface area contributed by atoms with Crippen molar-refractivity contribution in [1.29, 1.82) is 0 Å². The minimum atomic E-state index is -1.51. The first-order valence-corrected chi connectivity index (χ1v) is 2.77. The summed E-state index contributed by atoms with van der Waals surface area (Å²) >= 11 is 0. The second-order valence-electron chi connectivity index (χ2n) is 1.88. The summed E-state index contributed by atoms with van der Waals surface area (Å²) < 4.78 is 0. The first-order chi connectivity index (χ1) is 4.72. The summed E-state index contributed by atoms with van der Waals surface area (Å²) in [6.45, 7) is 0. The molecule has 0 bridgehead atoms. The van der Waals surface area contributed by atoms with Crippen LogP contribution in [0.4, 0.5) is 5.69 Å². The molecule has 4 N–H and O–H groups in total. The lowest BCUT2D eigenvalue weighted by atomic mass is 9.80. The maximum absolute atomic E-state index is 8.65. The average molecular weight is 138 g/mol. The predicted molar refractivity (Wildman–Crippen MR) is 38.5 cm³/mol. The zero-order valence-corrected chi connectivity index (χ0v) is 5.23. The van der Waals surface area contributed by atoms with E-state index in [0.29, 0.717) is 0 Å². The Hall–Kier alpha value is -1.07. The number of nitrogen functional groups attached to an aromatic ring is 1. The molecule has 0 aliphatic heterocycles. The Labute approximate surface area is 58.5 Å². The highest BCUT2D eigenvalue weighted by atomic mass is 16.4. The average Bonchev–Trinajstić information content (AvgIpc) is 1.88. The number of hydrogen-bond donors (Lipinski definition) is 3. The molecular weight excluding hydrogens is 131 g/mol. The van der Waals surface area contributed by atoms with E-state index >= 15 is 0 Å². The van der Waals surface area contributed by atoms with E-state index in [4.69, 9.17) is 15.8 Å². The minimum absolute atomic E-state index is 0.287. The van der Waals surface area contributed by atoms with E-state index in [1.807, 2.05) is 0 Å². The summed E-state index contributed by atoms with van der Waals surface area (Å²) in [6, 6.07) is 1.46. The second-order valence-corrected chi connectivity index (χ2v) is 1.88. The summed E-state index contributed by atoms with van der Waals surface area (Å²) in [5, 5.41) is 17.3. The van der Waals surface area contributed by atoms with Crippen molar-refractivity contribution in [2.45, 2.75) is 0 Å². The molecule has 1 heterocycles. The third kappa shape index (κ3) is 1.26. The van der Waals surface area contributed by atoms with Crippen LogP contribution in [0.3, 0.4) is 0 Å². The highest BCUT2D eigenvalue weighted by Crippen LogP contribution is 1.92. The molecule has 0 fully saturated rings. The van der Waals surface area contributed by atoms with Gasteiger partial charge in [-0.15, -0.1) is 0 Å². The van der Waals surface area contributed by atoms with Crippen LogP contribution in [0, 0.1) is 0 Å². The fraction of sp³-hybridized carbons (Fsp3) is 0. The van der Waals surface area contributed by atoms with Gasteiger partial charge in [0.2, 0.25) is 0 Å². The summed E-state index contributed by atoms with van der Waals surface area (Å²) in [5.74, 6) is 0. The smallest absolute Gasteiger partial charge is 0.423 e. The van der Waals surface area contributed by atoms with Crippen LogP contribution in [0.5, 0.6) is 0 Å². The number of pyridine rings is 1. The van der Waals surface area contributed by atoms with Crippen molar-refractivity contribution in [2.24, 2.45) is 0 Å². The van der Waals surface area contributed by atoms with Gasteiger partial charge in [-0.3, -0.25) is 4.98 Å². The van der Waals surface area contributed by atoms with E-state index in [9.17, 15) is 0 Å². The van der Waals surface area contributed by atoms with Crippen molar-refractivity contribution in [2.75, 3.05) is 5.73 Å². The second kappa shape index (κ2) is 2.68. The molecule has 0 saturated heterocycles. The Bertz CT molecular complexity index is 229. The lowest BCUT2D eigenvalue weighted by Gasteiger charge is -2.00. The SMILES string of the molecule is Nc1cnccc1B(O)O. The molecule has 0 atom stereocenters. The monoisotopic (exact) mass is 138 g/mol. The molecule has 10 heavy (non-hydrogen) atoms. The van der Waals surface area contributed by atoms with Crippen LogP contribution in [0.25, 0.3) is 0 Å². The highest BCUT2D eigenvalue weighted by molar-refractivity contribution is 6.60. The Morgan fingerprint density at radius 2 is 2.20 bits per heavy atom. The lowest BCUT2D eigenvalue weighted by molar-refractivity contribution is 0.426. The molecule has 1 aromatic heterocycles. The molecule has 0 aliphatic rings. The van der Waals surface area contributed by atoms with Crippen LogP contribution in [-0.2, 0) is 0 Å². The fourth-order valence-electron chi connectivity index (χ4n) is 0.653. The summed E-state index contributed by atoms with van der Waals surface area (Å²) in [7, 11) is -1.51. The van der Waals surface area contributed by atoms with Crippen molar-refractivity contribution >= 4 is 18.3 Å².